The maximum Gasteiger partial charge on any atom is 0.170 e. The second-order valence-electron chi connectivity index (χ2n) is 2.99. The van der Waals surface area contributed by atoms with Crippen LogP contribution in [0.2, 0.25) is 0 Å². The van der Waals surface area contributed by atoms with E-state index in [0.29, 0.717) is 5.56 Å². The minimum Gasteiger partial charge on any atom is -0.507 e. The van der Waals surface area contributed by atoms with Crippen molar-refractivity contribution in [3.8, 4) is 11.5 Å². The fourth-order valence-electron chi connectivity index (χ4n) is 1.25. The Labute approximate surface area is 82.0 Å². The van der Waals surface area contributed by atoms with Gasteiger partial charge in [-0.1, -0.05) is 6.92 Å². The van der Waals surface area contributed by atoms with Crippen LogP contribution >= 0.6 is 0 Å². The van der Waals surface area contributed by atoms with Crippen LogP contribution in [-0.2, 0) is 6.54 Å². The van der Waals surface area contributed by atoms with Crippen LogP contribution < -0.4 is 5.73 Å². The van der Waals surface area contributed by atoms with Gasteiger partial charge >= 0.3 is 0 Å². The van der Waals surface area contributed by atoms with E-state index in [4.69, 9.17) is 5.73 Å². The van der Waals surface area contributed by atoms with Crippen molar-refractivity contribution in [1.29, 1.82) is 0 Å². The normalized spacial score (nSPS) is 10.1. The molecule has 0 heterocycles. The second kappa shape index (κ2) is 4.11. The molecule has 0 bridgehead atoms. The van der Waals surface area contributed by atoms with Crippen LogP contribution in [0.1, 0.15) is 29.3 Å². The van der Waals surface area contributed by atoms with Gasteiger partial charge in [0.1, 0.15) is 17.1 Å². The van der Waals surface area contributed by atoms with Crippen LogP contribution in [0.5, 0.6) is 11.5 Å². The molecule has 0 aliphatic carbocycles. The highest BCUT2D eigenvalue weighted by Gasteiger charge is 2.15. The lowest BCUT2D eigenvalue weighted by Crippen LogP contribution is -2.01. The van der Waals surface area contributed by atoms with Crippen molar-refractivity contribution in [3.05, 3.63) is 23.3 Å². The lowest BCUT2D eigenvalue weighted by molar-refractivity contribution is 0.0983. The van der Waals surface area contributed by atoms with Crippen molar-refractivity contribution in [2.45, 2.75) is 19.9 Å². The zero-order valence-corrected chi connectivity index (χ0v) is 7.95. The van der Waals surface area contributed by atoms with Crippen molar-refractivity contribution in [3.63, 3.8) is 0 Å². The minimum absolute atomic E-state index is 0.0234. The van der Waals surface area contributed by atoms with Gasteiger partial charge in [0.15, 0.2) is 5.78 Å². The van der Waals surface area contributed by atoms with Crippen molar-refractivity contribution >= 4 is 5.78 Å². The average Bonchev–Trinajstić information content (AvgIpc) is 2.16. The van der Waals surface area contributed by atoms with Gasteiger partial charge in [-0.25, -0.2) is 0 Å². The summed E-state index contributed by atoms with van der Waals surface area (Å²) in [6, 6.07) is 2.78. The fourth-order valence-corrected chi connectivity index (χ4v) is 1.25. The van der Waals surface area contributed by atoms with E-state index in [1.54, 1.807) is 6.92 Å². The molecule has 1 aromatic carbocycles. The summed E-state index contributed by atoms with van der Waals surface area (Å²) in [6.07, 6.45) is 0.239. The molecule has 0 fully saturated rings. The molecule has 0 unspecified atom stereocenters. The summed E-state index contributed by atoms with van der Waals surface area (Å²) >= 11 is 0. The number of carbonyl (C=O) groups is 1. The minimum atomic E-state index is -0.288. The van der Waals surface area contributed by atoms with E-state index < -0.39 is 0 Å². The highest BCUT2D eigenvalue weighted by atomic mass is 16.3. The molecule has 0 saturated carbocycles. The Morgan fingerprint density at radius 2 is 1.86 bits per heavy atom. The molecular weight excluding hydrogens is 182 g/mol. The molecule has 0 spiro atoms. The molecule has 4 nitrogen and oxygen atoms in total. The van der Waals surface area contributed by atoms with Gasteiger partial charge in [0.2, 0.25) is 0 Å². The smallest absolute Gasteiger partial charge is 0.170 e. The highest BCUT2D eigenvalue weighted by molar-refractivity contribution is 6.01. The number of aromatic hydroxyl groups is 2. The lowest BCUT2D eigenvalue weighted by Gasteiger charge is -2.07. The summed E-state index contributed by atoms with van der Waals surface area (Å²) in [5.74, 6) is -0.710. The summed E-state index contributed by atoms with van der Waals surface area (Å²) < 4.78 is 0. The van der Waals surface area contributed by atoms with Crippen LogP contribution in [0.3, 0.4) is 0 Å². The number of benzene rings is 1. The molecule has 0 radical (unpaired) electrons. The molecule has 0 aromatic heterocycles. The van der Waals surface area contributed by atoms with E-state index in [1.807, 2.05) is 0 Å². The van der Waals surface area contributed by atoms with Gasteiger partial charge < -0.3 is 15.9 Å². The van der Waals surface area contributed by atoms with Crippen LogP contribution in [0.15, 0.2) is 12.1 Å². The summed E-state index contributed by atoms with van der Waals surface area (Å²) in [6.45, 7) is 1.87. The molecule has 4 heteroatoms. The van der Waals surface area contributed by atoms with Gasteiger partial charge in [-0.05, 0) is 17.7 Å². The Kier molecular flexibility index (Phi) is 3.09. The Morgan fingerprint density at radius 1 is 1.36 bits per heavy atom. The number of nitrogens with two attached hydrogens (primary N) is 1. The highest BCUT2D eigenvalue weighted by Crippen LogP contribution is 2.29. The summed E-state index contributed by atoms with van der Waals surface area (Å²) in [7, 11) is 0. The van der Waals surface area contributed by atoms with Gasteiger partial charge in [-0.3, -0.25) is 4.79 Å². The molecule has 0 saturated heterocycles. The molecule has 1 rings (SSSR count). The zero-order chi connectivity index (χ0) is 10.7. The van der Waals surface area contributed by atoms with Crippen molar-refractivity contribution in [1.82, 2.24) is 0 Å². The van der Waals surface area contributed by atoms with Crippen LogP contribution in [0.25, 0.3) is 0 Å². The van der Waals surface area contributed by atoms with Crippen molar-refractivity contribution < 1.29 is 15.0 Å². The molecular formula is C10H13NO3. The third-order valence-electron chi connectivity index (χ3n) is 1.99. The number of phenols is 2. The number of Topliss-reactive ketones (excluding diaryl/α,β-unsaturated/α-hetero) is 1. The topological polar surface area (TPSA) is 83.5 Å². The quantitative estimate of drug-likeness (QED) is 0.632. The first-order valence-electron chi connectivity index (χ1n) is 4.38. The molecule has 4 N–H and O–H groups in total. The van der Waals surface area contributed by atoms with Gasteiger partial charge in [-0.2, -0.15) is 0 Å². The molecule has 0 aliphatic heterocycles. The standard InChI is InChI=1S/C10H13NO3/c1-2-7(12)10-8(13)3-6(5-11)4-9(10)14/h3-4,13-14H,2,5,11H2,1H3. The lowest BCUT2D eigenvalue weighted by atomic mass is 10.0. The first-order valence-corrected chi connectivity index (χ1v) is 4.38. The molecule has 76 valence electrons. The van der Waals surface area contributed by atoms with E-state index in [9.17, 15) is 15.0 Å². The molecule has 0 atom stereocenters. The Hall–Kier alpha value is -1.55. The maximum absolute atomic E-state index is 11.3. The predicted molar refractivity (Wildman–Crippen MR) is 52.3 cm³/mol. The SMILES string of the molecule is CCC(=O)c1c(O)cc(CN)cc1O. The maximum atomic E-state index is 11.3. The van der Waals surface area contributed by atoms with Gasteiger partial charge in [0, 0.05) is 13.0 Å². The number of rotatable bonds is 3. The van der Waals surface area contributed by atoms with Gasteiger partial charge in [-0.15, -0.1) is 0 Å². The zero-order valence-electron chi connectivity index (χ0n) is 7.95. The number of hydrogen-bond donors (Lipinski definition) is 3. The molecule has 0 aliphatic rings. The molecule has 1 aromatic rings. The Bertz CT molecular complexity index is 337. The Balaban J connectivity index is 3.25. The number of phenolic OH excluding ortho intramolecular Hbond substituents is 2. The van der Waals surface area contributed by atoms with Gasteiger partial charge in [0.25, 0.3) is 0 Å². The summed E-state index contributed by atoms with van der Waals surface area (Å²) in [4.78, 5) is 11.3. The van der Waals surface area contributed by atoms with E-state index in [1.165, 1.54) is 12.1 Å². The monoisotopic (exact) mass is 195 g/mol. The molecule has 0 amide bonds. The average molecular weight is 195 g/mol. The second-order valence-corrected chi connectivity index (χ2v) is 2.99. The van der Waals surface area contributed by atoms with Crippen LogP contribution in [0.4, 0.5) is 0 Å². The van der Waals surface area contributed by atoms with Crippen LogP contribution in [0, 0.1) is 0 Å². The predicted octanol–water partition coefficient (Wildman–Crippen LogP) is 1.15. The van der Waals surface area contributed by atoms with E-state index in [0.717, 1.165) is 0 Å². The van der Waals surface area contributed by atoms with Crippen LogP contribution in [-0.4, -0.2) is 16.0 Å². The molecule has 14 heavy (non-hydrogen) atoms. The number of ketones is 1. The van der Waals surface area contributed by atoms with E-state index in [2.05, 4.69) is 0 Å². The first-order chi connectivity index (χ1) is 6.60. The first kappa shape index (κ1) is 10.5. The third kappa shape index (κ3) is 1.85. The fraction of sp³-hybridized carbons (Fsp3) is 0.300. The van der Waals surface area contributed by atoms with Crippen molar-refractivity contribution in [2.75, 3.05) is 0 Å². The van der Waals surface area contributed by atoms with E-state index in [-0.39, 0.29) is 35.8 Å². The largest absolute Gasteiger partial charge is 0.507 e. The van der Waals surface area contributed by atoms with Gasteiger partial charge in [0.05, 0.1) is 0 Å². The summed E-state index contributed by atoms with van der Waals surface area (Å²) in [5, 5.41) is 18.9. The third-order valence-corrected chi connectivity index (χ3v) is 1.99. The van der Waals surface area contributed by atoms with E-state index >= 15 is 0 Å². The number of hydrogen-bond acceptors (Lipinski definition) is 4. The number of carbonyl (C=O) groups excluding carboxylic acids is 1. The summed E-state index contributed by atoms with van der Waals surface area (Å²) in [5.41, 5.74) is 5.91. The van der Waals surface area contributed by atoms with Crippen molar-refractivity contribution in [2.24, 2.45) is 5.73 Å². The Morgan fingerprint density at radius 3 is 2.21 bits per heavy atom.